The first kappa shape index (κ1) is 28.0. The molecule has 0 aliphatic heterocycles. The number of fused-ring (bicyclic) bond motifs is 14. The molecule has 0 unspecified atom stereocenters. The number of rotatable bonds is 2. The van der Waals surface area contributed by atoms with Gasteiger partial charge in [0.05, 0.1) is 0 Å². The molecule has 0 spiro atoms. The molecular weight excluding hydrogens is 609 g/mol. The third-order valence-electron chi connectivity index (χ3n) is 11.9. The quantitative estimate of drug-likeness (QED) is 0.188. The van der Waals surface area contributed by atoms with Gasteiger partial charge in [-0.2, -0.15) is 0 Å². The minimum absolute atomic E-state index is 0.250. The van der Waals surface area contributed by atoms with Gasteiger partial charge in [-0.05, 0) is 92.0 Å². The second kappa shape index (κ2) is 9.43. The molecule has 0 saturated heterocycles. The van der Waals surface area contributed by atoms with Crippen molar-refractivity contribution in [1.29, 1.82) is 0 Å². The molecule has 0 bridgehead atoms. The van der Waals surface area contributed by atoms with Crippen LogP contribution in [0.15, 0.2) is 142 Å². The summed E-state index contributed by atoms with van der Waals surface area (Å²) >= 11 is 0. The predicted octanol–water partition coefficient (Wildman–Crippen LogP) is 13.4. The summed E-state index contributed by atoms with van der Waals surface area (Å²) < 4.78 is 13.8. The molecule has 2 aromatic heterocycles. The van der Waals surface area contributed by atoms with E-state index in [0.29, 0.717) is 0 Å². The first-order chi connectivity index (χ1) is 24.3. The van der Waals surface area contributed by atoms with E-state index in [4.69, 9.17) is 8.83 Å². The number of para-hydroxylation sites is 2. The van der Waals surface area contributed by atoms with Crippen molar-refractivity contribution in [1.82, 2.24) is 0 Å². The van der Waals surface area contributed by atoms with Crippen molar-refractivity contribution < 1.29 is 8.83 Å². The number of benzene rings is 7. The van der Waals surface area contributed by atoms with Crippen LogP contribution >= 0.6 is 0 Å². The van der Waals surface area contributed by atoms with E-state index < -0.39 is 0 Å². The van der Waals surface area contributed by atoms with Crippen molar-refractivity contribution in [3.05, 3.63) is 156 Å². The van der Waals surface area contributed by atoms with Gasteiger partial charge in [-0.15, -0.1) is 0 Å². The van der Waals surface area contributed by atoms with Gasteiger partial charge >= 0.3 is 0 Å². The predicted molar refractivity (Wildman–Crippen MR) is 207 cm³/mol. The second-order valence-electron chi connectivity index (χ2n) is 15.2. The SMILES string of the molecule is CC1(C)c2cc3c(cc2-c2c1cc(-c1ccccc1)c1c2oc2ccccc21)C(C)(C)c1cc(-c2ccccc2)c2c(oc4ccccc42)c1-3. The smallest absolute Gasteiger partial charge is 0.144 e. The second-order valence-corrected chi connectivity index (χ2v) is 15.2. The Kier molecular flexibility index (Phi) is 5.28. The Bertz CT molecular complexity index is 2700. The maximum atomic E-state index is 6.88. The molecule has 0 saturated carbocycles. The van der Waals surface area contributed by atoms with Crippen LogP contribution in [0.5, 0.6) is 0 Å². The Balaban J connectivity index is 1.24. The highest BCUT2D eigenvalue weighted by molar-refractivity contribution is 6.20. The highest BCUT2D eigenvalue weighted by atomic mass is 16.3. The van der Waals surface area contributed by atoms with E-state index in [1.807, 2.05) is 0 Å². The lowest BCUT2D eigenvalue weighted by atomic mass is 9.78. The Morgan fingerprint density at radius 1 is 0.380 bits per heavy atom. The Morgan fingerprint density at radius 3 is 1.16 bits per heavy atom. The van der Waals surface area contributed by atoms with E-state index in [0.717, 1.165) is 33.1 Å². The van der Waals surface area contributed by atoms with Crippen LogP contribution in [0.3, 0.4) is 0 Å². The van der Waals surface area contributed by atoms with E-state index in [1.54, 1.807) is 0 Å². The van der Waals surface area contributed by atoms with Crippen LogP contribution in [0.1, 0.15) is 49.9 Å². The summed E-state index contributed by atoms with van der Waals surface area (Å²) in [4.78, 5) is 0. The first-order valence-corrected chi connectivity index (χ1v) is 17.6. The summed E-state index contributed by atoms with van der Waals surface area (Å²) in [6.45, 7) is 9.51. The van der Waals surface area contributed by atoms with Crippen molar-refractivity contribution in [3.8, 4) is 44.5 Å². The van der Waals surface area contributed by atoms with Crippen molar-refractivity contribution in [3.63, 3.8) is 0 Å². The van der Waals surface area contributed by atoms with E-state index >= 15 is 0 Å². The van der Waals surface area contributed by atoms with E-state index in [2.05, 4.69) is 161 Å². The Hall–Kier alpha value is -5.86. The number of hydrogen-bond donors (Lipinski definition) is 0. The van der Waals surface area contributed by atoms with Gasteiger partial charge in [0, 0.05) is 43.5 Å². The third-order valence-corrected chi connectivity index (χ3v) is 11.9. The van der Waals surface area contributed by atoms with Crippen LogP contribution < -0.4 is 0 Å². The molecule has 2 heteroatoms. The topological polar surface area (TPSA) is 26.3 Å². The minimum atomic E-state index is -0.250. The van der Waals surface area contributed by atoms with E-state index in [1.165, 1.54) is 77.5 Å². The van der Waals surface area contributed by atoms with Gasteiger partial charge in [0.1, 0.15) is 22.3 Å². The molecule has 2 aliphatic carbocycles. The fourth-order valence-electron chi connectivity index (χ4n) is 9.35. The lowest BCUT2D eigenvalue weighted by molar-refractivity contribution is 0.648. The van der Waals surface area contributed by atoms with Gasteiger partial charge in [-0.3, -0.25) is 0 Å². The molecule has 2 heterocycles. The van der Waals surface area contributed by atoms with E-state index in [-0.39, 0.29) is 10.8 Å². The molecule has 9 aromatic rings. The molecule has 0 radical (unpaired) electrons. The maximum absolute atomic E-state index is 6.88. The normalized spacial score (nSPS) is 15.1. The van der Waals surface area contributed by atoms with Gasteiger partial charge in [0.15, 0.2) is 0 Å². The van der Waals surface area contributed by atoms with Gasteiger partial charge in [-0.25, -0.2) is 0 Å². The van der Waals surface area contributed by atoms with Gasteiger partial charge in [0.2, 0.25) is 0 Å². The Labute approximate surface area is 290 Å². The van der Waals surface area contributed by atoms with Gasteiger partial charge in [-0.1, -0.05) is 125 Å². The molecule has 0 atom stereocenters. The molecular formula is C48H34O2. The standard InChI is InChI=1S/C48H34O2/c1-47(2)35-25-34-36(26-33(35)43-37(47)23-31(27-15-7-5-8-16-27)41-29-19-11-13-21-39(29)49-45(41)43)48(3,4)38-24-32(28-17-9-6-10-18-28)42-30-20-12-14-22-40(30)50-46(42)44(34)38/h5-26H,1-4H3. The third kappa shape index (κ3) is 3.43. The fraction of sp³-hybridized carbons (Fsp3) is 0.125. The van der Waals surface area contributed by atoms with Crippen molar-refractivity contribution >= 4 is 43.9 Å². The van der Waals surface area contributed by atoms with Crippen molar-refractivity contribution in [2.24, 2.45) is 0 Å². The number of furan rings is 2. The van der Waals surface area contributed by atoms with Crippen LogP contribution in [-0.4, -0.2) is 0 Å². The molecule has 0 amide bonds. The average Bonchev–Trinajstić information content (AvgIpc) is 3.84. The van der Waals surface area contributed by atoms with Crippen LogP contribution in [0, 0.1) is 0 Å². The molecule has 11 rings (SSSR count). The molecule has 238 valence electrons. The van der Waals surface area contributed by atoms with Crippen molar-refractivity contribution in [2.75, 3.05) is 0 Å². The summed E-state index contributed by atoms with van der Waals surface area (Å²) in [6.07, 6.45) is 0. The summed E-state index contributed by atoms with van der Waals surface area (Å²) in [6, 6.07) is 48.4. The molecule has 0 N–H and O–H groups in total. The Morgan fingerprint density at radius 2 is 0.740 bits per heavy atom. The van der Waals surface area contributed by atoms with Crippen LogP contribution in [-0.2, 0) is 10.8 Å². The minimum Gasteiger partial charge on any atom is -0.455 e. The monoisotopic (exact) mass is 642 g/mol. The average molecular weight is 643 g/mol. The molecule has 7 aromatic carbocycles. The highest BCUT2D eigenvalue weighted by Gasteiger charge is 2.45. The molecule has 0 fully saturated rings. The summed E-state index contributed by atoms with van der Waals surface area (Å²) in [7, 11) is 0. The summed E-state index contributed by atoms with van der Waals surface area (Å²) in [5.41, 5.74) is 18.5. The molecule has 50 heavy (non-hydrogen) atoms. The summed E-state index contributed by atoms with van der Waals surface area (Å²) in [5.74, 6) is 0. The zero-order chi connectivity index (χ0) is 33.5. The largest absolute Gasteiger partial charge is 0.455 e. The summed E-state index contributed by atoms with van der Waals surface area (Å²) in [5, 5.41) is 4.69. The van der Waals surface area contributed by atoms with E-state index in [9.17, 15) is 0 Å². The molecule has 2 aliphatic rings. The van der Waals surface area contributed by atoms with Crippen LogP contribution in [0.25, 0.3) is 88.4 Å². The van der Waals surface area contributed by atoms with Gasteiger partial charge < -0.3 is 8.83 Å². The van der Waals surface area contributed by atoms with Crippen LogP contribution in [0.2, 0.25) is 0 Å². The lowest BCUT2D eigenvalue weighted by Crippen LogP contribution is -2.17. The zero-order valence-corrected chi connectivity index (χ0v) is 28.5. The number of hydrogen-bond acceptors (Lipinski definition) is 2. The van der Waals surface area contributed by atoms with Crippen LogP contribution in [0.4, 0.5) is 0 Å². The van der Waals surface area contributed by atoms with Gasteiger partial charge in [0.25, 0.3) is 0 Å². The first-order valence-electron chi connectivity index (χ1n) is 17.6. The van der Waals surface area contributed by atoms with Crippen molar-refractivity contribution in [2.45, 2.75) is 38.5 Å². The zero-order valence-electron chi connectivity index (χ0n) is 28.5. The fourth-order valence-corrected chi connectivity index (χ4v) is 9.35. The maximum Gasteiger partial charge on any atom is 0.144 e. The lowest BCUT2D eigenvalue weighted by Gasteiger charge is -2.24. The molecule has 2 nitrogen and oxygen atoms in total. The highest BCUT2D eigenvalue weighted by Crippen LogP contribution is 2.61.